The third-order valence-corrected chi connectivity index (χ3v) is 5.55. The molecule has 0 bridgehead atoms. The summed E-state index contributed by atoms with van der Waals surface area (Å²) in [7, 11) is 0. The van der Waals surface area contributed by atoms with Crippen molar-refractivity contribution in [3.63, 3.8) is 0 Å². The minimum absolute atomic E-state index is 0.578. The van der Waals surface area contributed by atoms with E-state index in [0.29, 0.717) is 5.84 Å². The van der Waals surface area contributed by atoms with Gasteiger partial charge in [0, 0.05) is 30.0 Å². The summed E-state index contributed by atoms with van der Waals surface area (Å²) >= 11 is 1.65. The number of rotatable bonds is 6. The zero-order valence-electron chi connectivity index (χ0n) is 17.7. The van der Waals surface area contributed by atoms with Gasteiger partial charge in [-0.1, -0.05) is 45.4 Å². The molecule has 0 aliphatic carbocycles. The molecule has 0 amide bonds. The van der Waals surface area contributed by atoms with Gasteiger partial charge in [-0.05, 0) is 43.5 Å². The van der Waals surface area contributed by atoms with Gasteiger partial charge in [0.2, 0.25) is 0 Å². The Hall–Kier alpha value is -2.14. The van der Waals surface area contributed by atoms with Gasteiger partial charge in [-0.15, -0.1) is 11.3 Å². The highest BCUT2D eigenvalue weighted by Crippen LogP contribution is 2.16. The molecule has 28 heavy (non-hydrogen) atoms. The number of nitrogens with zero attached hydrogens (tertiary/aromatic N) is 3. The SMILES string of the molecule is C/C=c1/ccn(Cc2nc(C(=N)N3CCCC3)cs2)/c1=C/C=C\CCC.CC. The number of hydrogen-bond donors (Lipinski definition) is 1. The second-order valence-corrected chi connectivity index (χ2v) is 7.57. The smallest absolute Gasteiger partial charge is 0.147 e. The molecule has 1 aliphatic rings. The van der Waals surface area contributed by atoms with E-state index in [-0.39, 0.29) is 0 Å². The molecule has 3 heterocycles. The lowest BCUT2D eigenvalue weighted by Gasteiger charge is -2.16. The lowest BCUT2D eigenvalue weighted by atomic mass is 10.3. The number of unbranched alkanes of at least 4 members (excludes halogenated alkanes) is 1. The molecular weight excluding hydrogens is 364 g/mol. The highest BCUT2D eigenvalue weighted by molar-refractivity contribution is 7.09. The van der Waals surface area contributed by atoms with Gasteiger partial charge in [-0.3, -0.25) is 5.41 Å². The predicted molar refractivity (Wildman–Crippen MR) is 123 cm³/mol. The maximum Gasteiger partial charge on any atom is 0.147 e. The van der Waals surface area contributed by atoms with Gasteiger partial charge in [0.25, 0.3) is 0 Å². The van der Waals surface area contributed by atoms with Crippen molar-refractivity contribution in [1.82, 2.24) is 14.5 Å². The molecule has 0 atom stereocenters. The second-order valence-electron chi connectivity index (χ2n) is 6.63. The maximum atomic E-state index is 8.37. The standard InChI is InChI=1S/C21H28N4S.C2H6/c1-3-5-6-7-10-19-17(4-2)11-14-25(19)15-20-23-18(16-26-20)21(22)24-12-8-9-13-24;1-2/h4,6-7,10-11,14,16,22H,3,5,8-9,12-13,15H2,1-2H3;1-2H3/b7-6-,17-4-,19-10+,22-21?;. The summed E-state index contributed by atoms with van der Waals surface area (Å²) in [6.45, 7) is 11.0. The van der Waals surface area contributed by atoms with Crippen LogP contribution in [-0.4, -0.2) is 33.4 Å². The molecule has 5 heteroatoms. The van der Waals surface area contributed by atoms with Crippen LogP contribution >= 0.6 is 11.3 Å². The average Bonchev–Trinajstić information content (AvgIpc) is 3.48. The van der Waals surface area contributed by atoms with Crippen LogP contribution in [0.1, 0.15) is 64.1 Å². The summed E-state index contributed by atoms with van der Waals surface area (Å²) in [4.78, 5) is 6.86. The zero-order chi connectivity index (χ0) is 20.4. The van der Waals surface area contributed by atoms with Gasteiger partial charge in [-0.2, -0.15) is 0 Å². The zero-order valence-corrected chi connectivity index (χ0v) is 18.6. The van der Waals surface area contributed by atoms with Gasteiger partial charge in [0.15, 0.2) is 0 Å². The highest BCUT2D eigenvalue weighted by atomic mass is 32.1. The number of amidine groups is 1. The van der Waals surface area contributed by atoms with Crippen molar-refractivity contribution in [3.8, 4) is 0 Å². The fourth-order valence-corrected chi connectivity index (χ4v) is 4.02. The molecule has 1 saturated heterocycles. The van der Waals surface area contributed by atoms with Crippen molar-refractivity contribution in [3.05, 3.63) is 51.1 Å². The van der Waals surface area contributed by atoms with E-state index in [9.17, 15) is 0 Å². The molecule has 0 radical (unpaired) electrons. The minimum Gasteiger partial charge on any atom is -0.355 e. The van der Waals surface area contributed by atoms with Crippen molar-refractivity contribution < 1.29 is 0 Å². The third kappa shape index (κ3) is 5.68. The number of nitrogens with one attached hydrogen (secondary N) is 1. The quantitative estimate of drug-likeness (QED) is 0.580. The van der Waals surface area contributed by atoms with Crippen molar-refractivity contribution in [1.29, 1.82) is 5.41 Å². The number of thiazole rings is 1. The summed E-state index contributed by atoms with van der Waals surface area (Å²) in [5.41, 5.74) is 0.815. The average molecular weight is 399 g/mol. The number of allylic oxidation sites excluding steroid dienone is 2. The fourth-order valence-electron chi connectivity index (χ4n) is 3.24. The Morgan fingerprint density at radius 2 is 2.04 bits per heavy atom. The van der Waals surface area contributed by atoms with E-state index in [2.05, 4.69) is 59.9 Å². The molecule has 152 valence electrons. The Kier molecular flexibility index (Phi) is 9.21. The van der Waals surface area contributed by atoms with E-state index < -0.39 is 0 Å². The Bertz CT molecular complexity index is 882. The predicted octanol–water partition coefficient (Wildman–Crippen LogP) is 4.38. The van der Waals surface area contributed by atoms with Gasteiger partial charge in [0.1, 0.15) is 16.5 Å². The van der Waals surface area contributed by atoms with Crippen LogP contribution in [0.5, 0.6) is 0 Å². The summed E-state index contributed by atoms with van der Waals surface area (Å²) < 4.78 is 2.24. The molecule has 4 nitrogen and oxygen atoms in total. The van der Waals surface area contributed by atoms with E-state index >= 15 is 0 Å². The first-order chi connectivity index (χ1) is 13.7. The van der Waals surface area contributed by atoms with Crippen LogP contribution in [0.25, 0.3) is 12.2 Å². The van der Waals surface area contributed by atoms with Gasteiger partial charge >= 0.3 is 0 Å². The Balaban J connectivity index is 0.00000136. The van der Waals surface area contributed by atoms with Crippen LogP contribution in [0, 0.1) is 5.41 Å². The molecule has 1 aliphatic heterocycles. The third-order valence-electron chi connectivity index (χ3n) is 4.72. The first-order valence-electron chi connectivity index (χ1n) is 10.5. The van der Waals surface area contributed by atoms with E-state index in [4.69, 9.17) is 10.4 Å². The Labute approximate surface area is 173 Å². The molecule has 3 rings (SSSR count). The van der Waals surface area contributed by atoms with Crippen LogP contribution in [0.2, 0.25) is 0 Å². The fraction of sp³-hybridized carbons (Fsp3) is 0.478. The molecule has 0 unspecified atom stereocenters. The molecular formula is C23H34N4S. The molecule has 0 aromatic carbocycles. The second kappa shape index (κ2) is 11.6. The lowest BCUT2D eigenvalue weighted by molar-refractivity contribution is 0.515. The molecule has 2 aromatic rings. The van der Waals surface area contributed by atoms with Gasteiger partial charge < -0.3 is 9.47 Å². The van der Waals surface area contributed by atoms with Crippen molar-refractivity contribution >= 4 is 29.3 Å². The first-order valence-corrected chi connectivity index (χ1v) is 11.4. The van der Waals surface area contributed by atoms with Crippen LogP contribution in [0.4, 0.5) is 0 Å². The Morgan fingerprint density at radius 3 is 2.71 bits per heavy atom. The minimum atomic E-state index is 0.578. The summed E-state index contributed by atoms with van der Waals surface area (Å²) in [6.07, 6.45) is 15.5. The molecule has 1 fully saturated rings. The first kappa shape index (κ1) is 22.2. The van der Waals surface area contributed by atoms with Gasteiger partial charge in [-0.25, -0.2) is 4.98 Å². The van der Waals surface area contributed by atoms with Crippen molar-refractivity contribution in [2.75, 3.05) is 13.1 Å². The monoisotopic (exact) mass is 398 g/mol. The van der Waals surface area contributed by atoms with Crippen molar-refractivity contribution in [2.45, 2.75) is 59.9 Å². The largest absolute Gasteiger partial charge is 0.355 e. The molecule has 0 saturated carbocycles. The summed E-state index contributed by atoms with van der Waals surface area (Å²) in [5, 5.41) is 13.9. The summed E-state index contributed by atoms with van der Waals surface area (Å²) in [6, 6.07) is 2.15. The number of aromatic nitrogens is 2. The lowest BCUT2D eigenvalue weighted by Crippen LogP contribution is -2.29. The molecule has 1 N–H and O–H groups in total. The topological polar surface area (TPSA) is 44.9 Å². The van der Waals surface area contributed by atoms with E-state index in [1.807, 2.05) is 19.2 Å². The van der Waals surface area contributed by atoms with E-state index in [1.54, 1.807) is 11.3 Å². The van der Waals surface area contributed by atoms with Crippen molar-refractivity contribution in [2.24, 2.45) is 0 Å². The molecule has 2 aromatic heterocycles. The number of hydrogen-bond acceptors (Lipinski definition) is 3. The van der Waals surface area contributed by atoms with Crippen LogP contribution < -0.4 is 10.6 Å². The van der Waals surface area contributed by atoms with E-state index in [0.717, 1.165) is 36.8 Å². The van der Waals surface area contributed by atoms with Crippen LogP contribution in [0.3, 0.4) is 0 Å². The molecule has 0 spiro atoms. The Morgan fingerprint density at radius 1 is 1.29 bits per heavy atom. The van der Waals surface area contributed by atoms with Crippen LogP contribution in [-0.2, 0) is 6.54 Å². The summed E-state index contributed by atoms with van der Waals surface area (Å²) in [5.74, 6) is 0.578. The highest BCUT2D eigenvalue weighted by Gasteiger charge is 2.18. The number of likely N-dealkylation sites (tertiary alicyclic amines) is 1. The normalized spacial score (nSPS) is 15.4. The van der Waals surface area contributed by atoms with E-state index in [1.165, 1.54) is 29.8 Å². The van der Waals surface area contributed by atoms with Crippen LogP contribution in [0.15, 0.2) is 29.8 Å². The maximum absolute atomic E-state index is 8.37. The van der Waals surface area contributed by atoms with Gasteiger partial charge in [0.05, 0.1) is 6.54 Å².